The molecule has 4 rings (SSSR count). The molecule has 2 saturated carbocycles. The largest absolute Gasteiger partial charge is 0.387 e. The van der Waals surface area contributed by atoms with Crippen LogP contribution in [-0.4, -0.2) is 60.3 Å². The highest BCUT2D eigenvalue weighted by molar-refractivity contribution is 5.83. The first-order valence-corrected chi connectivity index (χ1v) is 11.8. The number of nitrogens with two attached hydrogens (primary N) is 2. The average molecular weight is 419 g/mol. The molecule has 0 spiro atoms. The predicted octanol–water partition coefficient (Wildman–Crippen LogP) is 0.551. The second kappa shape index (κ2) is 9.22. The summed E-state index contributed by atoms with van der Waals surface area (Å²) < 4.78 is 0. The fraction of sp³-hybridized carbons (Fsp3) is 0.864. The molecule has 168 valence electrons. The van der Waals surface area contributed by atoms with Crippen molar-refractivity contribution in [2.45, 2.75) is 75.9 Å². The number of nitrogens with zero attached hydrogens (tertiary/aromatic N) is 1. The van der Waals surface area contributed by atoms with Crippen molar-refractivity contribution in [3.8, 4) is 0 Å². The maximum atomic E-state index is 13.2. The summed E-state index contributed by atoms with van der Waals surface area (Å²) in [5, 5.41) is 14.5. The van der Waals surface area contributed by atoms with Gasteiger partial charge in [0.1, 0.15) is 0 Å². The normalized spacial score (nSPS) is 39.4. The summed E-state index contributed by atoms with van der Waals surface area (Å²) in [6, 6.07) is 0.483. The lowest BCUT2D eigenvalue weighted by Crippen LogP contribution is -2.51. The number of fused-ring (bicyclic) bond motifs is 1. The van der Waals surface area contributed by atoms with Crippen molar-refractivity contribution < 1.29 is 9.59 Å². The van der Waals surface area contributed by atoms with Crippen molar-refractivity contribution in [3.63, 3.8) is 0 Å². The van der Waals surface area contributed by atoms with Crippen molar-refractivity contribution in [1.82, 2.24) is 15.5 Å². The van der Waals surface area contributed by atoms with E-state index in [2.05, 4.69) is 15.5 Å². The van der Waals surface area contributed by atoms with Crippen LogP contribution in [0.2, 0.25) is 0 Å². The Balaban J connectivity index is 1.45. The molecule has 2 heterocycles. The van der Waals surface area contributed by atoms with Crippen LogP contribution < -0.4 is 22.1 Å². The van der Waals surface area contributed by atoms with Gasteiger partial charge < -0.3 is 22.1 Å². The first-order valence-electron chi connectivity index (χ1n) is 11.8. The first kappa shape index (κ1) is 21.6. The van der Waals surface area contributed by atoms with E-state index >= 15 is 0 Å². The molecule has 4 aliphatic rings. The molecule has 4 unspecified atom stereocenters. The molecule has 2 saturated heterocycles. The van der Waals surface area contributed by atoms with E-state index in [1.165, 1.54) is 0 Å². The van der Waals surface area contributed by atoms with Gasteiger partial charge in [0, 0.05) is 37.0 Å². The van der Waals surface area contributed by atoms with Gasteiger partial charge in [0.15, 0.2) is 0 Å². The van der Waals surface area contributed by atoms with Crippen LogP contribution in [0.5, 0.6) is 0 Å². The minimum Gasteiger partial charge on any atom is -0.387 e. The van der Waals surface area contributed by atoms with E-state index in [1.807, 2.05) is 0 Å². The second-order valence-corrected chi connectivity index (χ2v) is 10.1. The Kier molecular flexibility index (Phi) is 6.63. The van der Waals surface area contributed by atoms with Crippen LogP contribution in [0.4, 0.5) is 0 Å². The Labute approximate surface area is 179 Å². The number of hydrogen-bond acceptors (Lipinski definition) is 5. The minimum atomic E-state index is -0.173. The van der Waals surface area contributed by atoms with Crippen LogP contribution in [0.25, 0.3) is 0 Å². The van der Waals surface area contributed by atoms with E-state index in [-0.39, 0.29) is 35.7 Å². The Hall–Kier alpha value is -1.67. The van der Waals surface area contributed by atoms with Gasteiger partial charge in [0.05, 0.1) is 11.9 Å². The van der Waals surface area contributed by atoms with Crippen molar-refractivity contribution in [2.75, 3.05) is 19.6 Å². The zero-order chi connectivity index (χ0) is 21.3. The molecule has 0 aromatic heterocycles. The number of carbonyl (C=O) groups excluding carboxylic acids is 2. The number of amides is 2. The third-order valence-electron chi connectivity index (χ3n) is 8.18. The van der Waals surface area contributed by atoms with Crippen LogP contribution >= 0.6 is 0 Å². The zero-order valence-corrected chi connectivity index (χ0v) is 17.9. The van der Waals surface area contributed by atoms with E-state index in [9.17, 15) is 9.59 Å². The monoisotopic (exact) mass is 418 g/mol. The lowest BCUT2D eigenvalue weighted by molar-refractivity contribution is -0.126. The number of carbonyl (C=O) groups is 2. The number of rotatable bonds is 6. The van der Waals surface area contributed by atoms with E-state index in [1.54, 1.807) is 0 Å². The Morgan fingerprint density at radius 2 is 1.73 bits per heavy atom. The van der Waals surface area contributed by atoms with E-state index < -0.39 is 0 Å². The summed E-state index contributed by atoms with van der Waals surface area (Å²) in [6.45, 7) is 2.72. The SMILES string of the molecule is N=C(N)C1CCC2CC(C(=O)N[C@H]3CCNC3)N(CC3CCC(C(N)=O)CC3)C2C1. The van der Waals surface area contributed by atoms with Crippen molar-refractivity contribution in [2.24, 2.45) is 35.1 Å². The quantitative estimate of drug-likeness (QED) is 0.317. The number of amidine groups is 1. The van der Waals surface area contributed by atoms with Gasteiger partial charge in [-0.15, -0.1) is 0 Å². The van der Waals surface area contributed by atoms with Crippen molar-refractivity contribution >= 4 is 17.6 Å². The van der Waals surface area contributed by atoms with Crippen LogP contribution in [0, 0.1) is 29.1 Å². The lowest BCUT2D eigenvalue weighted by Gasteiger charge is -2.39. The van der Waals surface area contributed by atoms with Gasteiger partial charge in [-0.05, 0) is 76.2 Å². The maximum Gasteiger partial charge on any atom is 0.237 e. The first-order chi connectivity index (χ1) is 14.4. The molecule has 8 heteroatoms. The van der Waals surface area contributed by atoms with Gasteiger partial charge in [-0.2, -0.15) is 0 Å². The Bertz CT molecular complexity index is 656. The third kappa shape index (κ3) is 4.64. The lowest BCUT2D eigenvalue weighted by atomic mass is 9.77. The van der Waals surface area contributed by atoms with Gasteiger partial charge in [-0.1, -0.05) is 0 Å². The molecule has 4 fully saturated rings. The summed E-state index contributed by atoms with van der Waals surface area (Å²) in [5.41, 5.74) is 11.4. The van der Waals surface area contributed by atoms with Gasteiger partial charge >= 0.3 is 0 Å². The molecule has 0 radical (unpaired) electrons. The highest BCUT2D eigenvalue weighted by atomic mass is 16.2. The van der Waals surface area contributed by atoms with E-state index in [0.29, 0.717) is 23.7 Å². The molecule has 30 heavy (non-hydrogen) atoms. The molecule has 0 aromatic rings. The molecule has 7 N–H and O–H groups in total. The molecule has 0 bridgehead atoms. The molecule has 8 nitrogen and oxygen atoms in total. The summed E-state index contributed by atoms with van der Waals surface area (Å²) in [7, 11) is 0. The Morgan fingerprint density at radius 3 is 2.37 bits per heavy atom. The molecular formula is C22H38N6O2. The Morgan fingerprint density at radius 1 is 1.00 bits per heavy atom. The number of hydrogen-bond donors (Lipinski definition) is 5. The van der Waals surface area contributed by atoms with Crippen LogP contribution in [0.15, 0.2) is 0 Å². The smallest absolute Gasteiger partial charge is 0.237 e. The summed E-state index contributed by atoms with van der Waals surface area (Å²) in [4.78, 5) is 27.2. The fourth-order valence-electron chi connectivity index (χ4n) is 6.35. The molecule has 0 aromatic carbocycles. The number of likely N-dealkylation sites (tertiary alicyclic amines) is 1. The van der Waals surface area contributed by atoms with Crippen LogP contribution in [0.3, 0.4) is 0 Å². The molecule has 5 atom stereocenters. The summed E-state index contributed by atoms with van der Waals surface area (Å²) in [6.07, 6.45) is 8.55. The van der Waals surface area contributed by atoms with Crippen LogP contribution in [-0.2, 0) is 9.59 Å². The fourth-order valence-corrected chi connectivity index (χ4v) is 6.35. The topological polar surface area (TPSA) is 137 Å². The molecular weight excluding hydrogens is 380 g/mol. The zero-order valence-electron chi connectivity index (χ0n) is 17.9. The predicted molar refractivity (Wildman–Crippen MR) is 116 cm³/mol. The standard InChI is InChI=1S/C22H38N6O2/c23-20(24)16-6-5-15-9-19(22(30)27-17-7-8-26-11-17)28(18(15)10-16)12-13-1-3-14(4-2-13)21(25)29/h13-19,26H,1-12H2,(H3,23,24)(H2,25,29)(H,27,30)/t13?,14?,15?,16?,17-,18?,19?/m0/s1. The van der Waals surface area contributed by atoms with E-state index in [4.69, 9.17) is 16.9 Å². The van der Waals surface area contributed by atoms with Crippen molar-refractivity contribution in [1.29, 1.82) is 5.41 Å². The van der Waals surface area contributed by atoms with Crippen molar-refractivity contribution in [3.05, 3.63) is 0 Å². The molecule has 2 aliphatic heterocycles. The summed E-state index contributed by atoms with van der Waals surface area (Å²) in [5.74, 6) is 1.45. The van der Waals surface area contributed by atoms with Crippen LogP contribution in [0.1, 0.15) is 57.8 Å². The van der Waals surface area contributed by atoms with Gasteiger partial charge in [0.2, 0.25) is 11.8 Å². The average Bonchev–Trinajstić information content (AvgIpc) is 3.36. The maximum absolute atomic E-state index is 13.2. The minimum absolute atomic E-state index is 0.0123. The van der Waals surface area contributed by atoms with Gasteiger partial charge in [0.25, 0.3) is 0 Å². The summed E-state index contributed by atoms with van der Waals surface area (Å²) >= 11 is 0. The number of primary amides is 1. The molecule has 2 amide bonds. The van der Waals surface area contributed by atoms with E-state index in [0.717, 1.165) is 77.4 Å². The molecule has 2 aliphatic carbocycles. The third-order valence-corrected chi connectivity index (χ3v) is 8.18. The highest BCUT2D eigenvalue weighted by Gasteiger charge is 2.48. The highest BCUT2D eigenvalue weighted by Crippen LogP contribution is 2.43. The number of nitrogens with one attached hydrogen (secondary N) is 3. The van der Waals surface area contributed by atoms with Gasteiger partial charge in [-0.25, -0.2) is 0 Å². The second-order valence-electron chi connectivity index (χ2n) is 10.1. The van der Waals surface area contributed by atoms with Gasteiger partial charge in [-0.3, -0.25) is 19.9 Å².